The number of aliphatic carboxylic acids is 1. The van der Waals surface area contributed by atoms with Crippen LogP contribution in [0.5, 0.6) is 11.5 Å². The smallest absolute Gasteiger partial charge is 0.547 e. The van der Waals surface area contributed by atoms with Gasteiger partial charge < -0.3 is 49.5 Å². The maximum absolute atomic E-state index is 12.1. The summed E-state index contributed by atoms with van der Waals surface area (Å²) in [4.78, 5) is 23.5. The molecule has 11 nitrogen and oxygen atoms in total. The monoisotopic (exact) mass is 575 g/mol. The second-order valence-electron chi connectivity index (χ2n) is 9.13. The first-order chi connectivity index (χ1) is 19.3. The van der Waals surface area contributed by atoms with Gasteiger partial charge in [-0.3, -0.25) is 0 Å². The molecular weight excluding hydrogens is 545 g/mol. The molecule has 3 aromatic rings. The molecule has 0 saturated carbocycles. The van der Waals surface area contributed by atoms with Gasteiger partial charge in [-0.1, -0.05) is 66.7 Å². The molecule has 5 atom stereocenters. The molecule has 0 bridgehead atoms. The van der Waals surface area contributed by atoms with Crippen molar-refractivity contribution in [2.24, 2.45) is 0 Å². The van der Waals surface area contributed by atoms with E-state index in [9.17, 15) is 30.0 Å². The van der Waals surface area contributed by atoms with E-state index >= 15 is 0 Å². The fourth-order valence-corrected chi connectivity index (χ4v) is 4.00. The summed E-state index contributed by atoms with van der Waals surface area (Å²) >= 11 is 0. The summed E-state index contributed by atoms with van der Waals surface area (Å²) in [6, 6.07) is 23.5. The number of carboxylic acids is 1. The van der Waals surface area contributed by atoms with Crippen LogP contribution in [0.4, 0.5) is 4.79 Å². The molecule has 4 rings (SSSR count). The van der Waals surface area contributed by atoms with E-state index in [2.05, 4.69) is 5.32 Å². The Balaban J connectivity index is 0.00000462. The molecule has 0 aliphatic carbocycles. The molecule has 1 aliphatic rings. The number of hydrogen-bond donors (Lipinski definition) is 4. The number of aliphatic hydroxyl groups excluding tert-OH is 3. The molecular formula is C29H30NNaO10. The van der Waals surface area contributed by atoms with Gasteiger partial charge in [-0.05, 0) is 35.2 Å². The number of aliphatic hydroxyl groups is 3. The number of carbonyl (C=O) groups is 2. The topological polar surface area (TPSA) is 167 Å². The fourth-order valence-electron chi connectivity index (χ4n) is 4.00. The quantitative estimate of drug-likeness (QED) is 0.182. The van der Waals surface area contributed by atoms with E-state index in [4.69, 9.17) is 18.9 Å². The Morgan fingerprint density at radius 1 is 0.805 bits per heavy atom. The molecule has 5 unspecified atom stereocenters. The van der Waals surface area contributed by atoms with Gasteiger partial charge in [0.2, 0.25) is 6.29 Å². The average molecular weight is 576 g/mol. The molecule has 3 aromatic carbocycles. The zero-order valence-electron chi connectivity index (χ0n) is 22.4. The molecule has 41 heavy (non-hydrogen) atoms. The zero-order chi connectivity index (χ0) is 28.5. The number of alkyl carbamates (subject to hydrolysis) is 1. The summed E-state index contributed by atoms with van der Waals surface area (Å²) < 4.78 is 22.1. The predicted molar refractivity (Wildman–Crippen MR) is 138 cm³/mol. The third-order valence-corrected chi connectivity index (χ3v) is 6.19. The summed E-state index contributed by atoms with van der Waals surface area (Å²) in [5.41, 5.74) is 2.43. The molecule has 4 N–H and O–H groups in total. The van der Waals surface area contributed by atoms with Gasteiger partial charge in [-0.15, -0.1) is 0 Å². The van der Waals surface area contributed by atoms with Crippen LogP contribution in [0.25, 0.3) is 0 Å². The van der Waals surface area contributed by atoms with Gasteiger partial charge in [-0.25, -0.2) is 4.79 Å². The van der Waals surface area contributed by atoms with Crippen LogP contribution in [0.15, 0.2) is 78.9 Å². The van der Waals surface area contributed by atoms with Crippen molar-refractivity contribution in [2.75, 3.05) is 6.54 Å². The van der Waals surface area contributed by atoms with Crippen LogP contribution < -0.4 is 49.5 Å². The van der Waals surface area contributed by atoms with Crippen molar-refractivity contribution >= 4 is 12.1 Å². The largest absolute Gasteiger partial charge is 1.00 e. The Hall–Kier alpha value is -3.16. The second-order valence-corrected chi connectivity index (χ2v) is 9.13. The summed E-state index contributed by atoms with van der Waals surface area (Å²) in [6.45, 7) is 0.551. The molecule has 0 radical (unpaired) electrons. The summed E-state index contributed by atoms with van der Waals surface area (Å²) in [7, 11) is 0. The van der Waals surface area contributed by atoms with Crippen molar-refractivity contribution < 1.29 is 78.5 Å². The molecule has 1 aliphatic heterocycles. The Labute approximate surface area is 258 Å². The van der Waals surface area contributed by atoms with Gasteiger partial charge in [0.25, 0.3) is 0 Å². The van der Waals surface area contributed by atoms with Crippen LogP contribution in [-0.4, -0.2) is 64.6 Å². The van der Waals surface area contributed by atoms with Crippen molar-refractivity contribution in [1.29, 1.82) is 0 Å². The number of ether oxygens (including phenoxy) is 4. The maximum atomic E-state index is 12.1. The van der Waals surface area contributed by atoms with E-state index < -0.39 is 42.8 Å². The minimum absolute atomic E-state index is 0. The van der Waals surface area contributed by atoms with Crippen LogP contribution >= 0.6 is 0 Å². The predicted octanol–water partition coefficient (Wildman–Crippen LogP) is -2.33. The molecule has 1 heterocycles. The van der Waals surface area contributed by atoms with Crippen LogP contribution in [0, 0.1) is 0 Å². The standard InChI is InChI=1S/C29H31NO10.Na/c31-23-24(32)26(27(34)35)40-28(25(23)33)39-22-15-18(11-12-21(22)37-16-19-7-3-1-4-8-19)13-14-30-29(36)38-17-20-9-5-2-6-10-20;/h1-12,15,23-26,28,31-33H,13-14,16-17H2,(H,30,36)(H,34,35);/q;+1/p-1. The Bertz CT molecular complexity index is 1260. The Kier molecular flexibility index (Phi) is 12.4. The SMILES string of the molecule is O=C(NCCc1ccc(OCc2ccccc2)c(OC2OC(C(=O)[O-])C(O)C(O)C2O)c1)OCc1ccccc1.[Na+]. The normalized spacial score (nSPS) is 21.7. The summed E-state index contributed by atoms with van der Waals surface area (Å²) in [5, 5.41) is 44.5. The minimum Gasteiger partial charge on any atom is -0.547 e. The molecule has 212 valence electrons. The van der Waals surface area contributed by atoms with Gasteiger partial charge in [0.05, 0.1) is 5.97 Å². The van der Waals surface area contributed by atoms with Crippen molar-refractivity contribution in [1.82, 2.24) is 5.32 Å². The second kappa shape index (κ2) is 15.7. The number of rotatable bonds is 11. The van der Waals surface area contributed by atoms with E-state index in [0.29, 0.717) is 12.0 Å². The number of carboxylic acid groups (broad SMARTS) is 1. The molecule has 1 saturated heterocycles. The molecule has 1 fully saturated rings. The third-order valence-electron chi connectivity index (χ3n) is 6.19. The third kappa shape index (κ3) is 9.17. The van der Waals surface area contributed by atoms with E-state index in [1.54, 1.807) is 18.2 Å². The average Bonchev–Trinajstić information content (AvgIpc) is 2.96. The van der Waals surface area contributed by atoms with Crippen LogP contribution in [0.2, 0.25) is 0 Å². The summed E-state index contributed by atoms with van der Waals surface area (Å²) in [5.74, 6) is -1.43. The molecule has 12 heteroatoms. The van der Waals surface area contributed by atoms with Gasteiger partial charge in [0.1, 0.15) is 37.6 Å². The fraction of sp³-hybridized carbons (Fsp3) is 0.310. The van der Waals surface area contributed by atoms with E-state index in [1.165, 1.54) is 0 Å². The van der Waals surface area contributed by atoms with Gasteiger partial charge in [-0.2, -0.15) is 0 Å². The van der Waals surface area contributed by atoms with E-state index in [-0.39, 0.29) is 60.8 Å². The van der Waals surface area contributed by atoms with Crippen molar-refractivity contribution in [2.45, 2.75) is 50.3 Å². The van der Waals surface area contributed by atoms with E-state index in [1.807, 2.05) is 60.7 Å². The maximum Gasteiger partial charge on any atom is 1.00 e. The number of nitrogens with one attached hydrogen (secondary N) is 1. The first-order valence-corrected chi connectivity index (χ1v) is 12.6. The number of benzene rings is 3. The van der Waals surface area contributed by atoms with Crippen molar-refractivity contribution in [3.05, 3.63) is 95.6 Å². The number of hydrogen-bond acceptors (Lipinski definition) is 10. The van der Waals surface area contributed by atoms with Crippen molar-refractivity contribution in [3.63, 3.8) is 0 Å². The molecule has 0 aromatic heterocycles. The van der Waals surface area contributed by atoms with Crippen LogP contribution in [0.3, 0.4) is 0 Å². The van der Waals surface area contributed by atoms with Gasteiger partial charge >= 0.3 is 35.7 Å². The van der Waals surface area contributed by atoms with Gasteiger partial charge in [0.15, 0.2) is 11.5 Å². The number of carbonyl (C=O) groups excluding carboxylic acids is 2. The first-order valence-electron chi connectivity index (χ1n) is 12.6. The van der Waals surface area contributed by atoms with Gasteiger partial charge in [0, 0.05) is 6.54 Å². The van der Waals surface area contributed by atoms with Crippen LogP contribution in [0.1, 0.15) is 16.7 Å². The van der Waals surface area contributed by atoms with Crippen LogP contribution in [-0.2, 0) is 33.9 Å². The van der Waals surface area contributed by atoms with E-state index in [0.717, 1.165) is 11.1 Å². The number of amides is 1. The Morgan fingerprint density at radius 3 is 2.07 bits per heavy atom. The molecule has 1 amide bonds. The zero-order valence-corrected chi connectivity index (χ0v) is 24.4. The summed E-state index contributed by atoms with van der Waals surface area (Å²) in [6.07, 6.45) is -9.32. The van der Waals surface area contributed by atoms with Crippen molar-refractivity contribution in [3.8, 4) is 11.5 Å². The minimum atomic E-state index is -1.92. The Morgan fingerprint density at radius 2 is 1.44 bits per heavy atom. The first kappa shape index (κ1) is 32.4. The molecule has 0 spiro atoms.